The SMILES string of the molecule is COc1ccc(CC2C(=O)NC(C)C(=O)N(C)C3C(=O)N(C)C(Cc4ccc(O)c(c4)Oc4cccc(c4)C3O)C(=O)NC(C)C(=O)NC(C)C(=O)N2C)cc1. The molecule has 16 heteroatoms. The molecule has 5 rings (SSSR count). The molecule has 2 heterocycles. The summed E-state index contributed by atoms with van der Waals surface area (Å²) in [4.78, 5) is 87.6. The quantitative estimate of drug-likeness (QED) is 0.256. The lowest BCUT2D eigenvalue weighted by Crippen LogP contribution is -2.62. The van der Waals surface area contributed by atoms with E-state index in [1.807, 2.05) is 0 Å². The maximum atomic E-state index is 14.6. The molecule has 5 N–H and O–H groups in total. The summed E-state index contributed by atoms with van der Waals surface area (Å²) in [6.07, 6.45) is -1.80. The molecule has 2 aliphatic rings. The zero-order chi connectivity index (χ0) is 41.0. The number of nitrogens with one attached hydrogen (secondary N) is 3. The monoisotopic (exact) mass is 772 g/mol. The minimum Gasteiger partial charge on any atom is -0.504 e. The fourth-order valence-corrected chi connectivity index (χ4v) is 6.78. The zero-order valence-electron chi connectivity index (χ0n) is 32.3. The average molecular weight is 773 g/mol. The molecule has 0 spiro atoms. The molecule has 1 saturated heterocycles. The van der Waals surface area contributed by atoms with Crippen molar-refractivity contribution in [1.29, 1.82) is 0 Å². The number of fused-ring (bicyclic) bond motifs is 7. The molecule has 0 saturated carbocycles. The minimum atomic E-state index is -1.69. The first-order valence-corrected chi connectivity index (χ1v) is 18.1. The van der Waals surface area contributed by atoms with Crippen molar-refractivity contribution in [3.05, 3.63) is 83.4 Å². The maximum absolute atomic E-state index is 14.6. The second kappa shape index (κ2) is 17.1. The molecule has 7 unspecified atom stereocenters. The van der Waals surface area contributed by atoms with Gasteiger partial charge in [0.05, 0.1) is 7.11 Å². The highest BCUT2D eigenvalue weighted by Crippen LogP contribution is 2.35. The van der Waals surface area contributed by atoms with Crippen LogP contribution in [0.1, 0.15) is 43.6 Å². The third-order valence-electron chi connectivity index (χ3n) is 10.2. The minimum absolute atomic E-state index is 0.0205. The van der Waals surface area contributed by atoms with Gasteiger partial charge >= 0.3 is 0 Å². The van der Waals surface area contributed by atoms with Crippen LogP contribution < -0.4 is 25.4 Å². The summed E-state index contributed by atoms with van der Waals surface area (Å²) in [6, 6.07) is 9.66. The fraction of sp³-hybridized carbons (Fsp3) is 0.400. The number of phenolic OH excluding ortho intramolecular Hbond substituents is 1. The number of hydrogen-bond donors (Lipinski definition) is 5. The van der Waals surface area contributed by atoms with Crippen molar-refractivity contribution >= 4 is 35.4 Å². The van der Waals surface area contributed by atoms with Gasteiger partial charge in [-0.05, 0) is 73.9 Å². The highest BCUT2D eigenvalue weighted by atomic mass is 16.5. The number of aliphatic hydroxyl groups is 1. The van der Waals surface area contributed by atoms with Crippen molar-refractivity contribution in [2.75, 3.05) is 28.3 Å². The van der Waals surface area contributed by atoms with Gasteiger partial charge in [0.25, 0.3) is 0 Å². The Bertz CT molecular complexity index is 1990. The summed E-state index contributed by atoms with van der Waals surface area (Å²) < 4.78 is 11.2. The summed E-state index contributed by atoms with van der Waals surface area (Å²) in [5.74, 6) is -3.74. The fourth-order valence-electron chi connectivity index (χ4n) is 6.78. The summed E-state index contributed by atoms with van der Waals surface area (Å²) in [7, 11) is 5.56. The van der Waals surface area contributed by atoms with Gasteiger partial charge < -0.3 is 50.3 Å². The number of nitrogens with zero attached hydrogens (tertiary/aromatic N) is 3. The van der Waals surface area contributed by atoms with Gasteiger partial charge in [-0.25, -0.2) is 0 Å². The van der Waals surface area contributed by atoms with Crippen LogP contribution in [0.4, 0.5) is 0 Å². The number of carbonyl (C=O) groups is 6. The molecule has 56 heavy (non-hydrogen) atoms. The molecular formula is C40H48N6O10. The predicted octanol–water partition coefficient (Wildman–Crippen LogP) is 1.03. The Kier molecular flexibility index (Phi) is 12.5. The lowest BCUT2D eigenvalue weighted by atomic mass is 9.97. The first kappa shape index (κ1) is 41.0. The molecule has 7 atom stereocenters. The van der Waals surface area contributed by atoms with Gasteiger partial charge in [-0.2, -0.15) is 0 Å². The van der Waals surface area contributed by atoms with E-state index in [1.165, 1.54) is 78.2 Å². The maximum Gasteiger partial charge on any atom is 0.248 e. The number of phenols is 1. The van der Waals surface area contributed by atoms with Gasteiger partial charge in [-0.1, -0.05) is 30.3 Å². The van der Waals surface area contributed by atoms with Gasteiger partial charge in [-0.3, -0.25) is 28.8 Å². The van der Waals surface area contributed by atoms with Crippen LogP contribution in [0.5, 0.6) is 23.0 Å². The standard InChI is InChI=1S/C40H48N6O10/c1-21-35(49)42-22(2)38(52)44(4)29(17-24-11-14-27(55-7)15-12-24)37(51)43-23(3)39(53)46(6)33-34(48)26-9-8-10-28(20-26)56-32-19-25(13-16-31(32)47)18-30(36(50)41-21)45(5)40(33)54/h8-16,19-23,29-30,33-34,47-48H,17-18H2,1-7H3,(H,41,50)(H,42,49)(H,43,51). The second-order valence-electron chi connectivity index (χ2n) is 14.2. The first-order chi connectivity index (χ1) is 26.5. The van der Waals surface area contributed by atoms with Crippen LogP contribution in [0.25, 0.3) is 0 Å². The van der Waals surface area contributed by atoms with E-state index < -0.39 is 77.8 Å². The number of ether oxygens (including phenoxy) is 2. The van der Waals surface area contributed by atoms with E-state index in [0.29, 0.717) is 16.9 Å². The van der Waals surface area contributed by atoms with Crippen molar-refractivity contribution in [3.8, 4) is 23.0 Å². The Morgan fingerprint density at radius 2 is 1.36 bits per heavy atom. The molecule has 6 bridgehead atoms. The molecule has 16 nitrogen and oxygen atoms in total. The molecule has 0 aromatic heterocycles. The van der Waals surface area contributed by atoms with Gasteiger partial charge in [0.2, 0.25) is 35.4 Å². The summed E-state index contributed by atoms with van der Waals surface area (Å²) in [6.45, 7) is 4.27. The molecule has 3 aromatic carbocycles. The highest BCUT2D eigenvalue weighted by Gasteiger charge is 2.42. The van der Waals surface area contributed by atoms with Crippen molar-refractivity contribution < 1.29 is 48.5 Å². The number of aromatic hydroxyl groups is 1. The van der Waals surface area contributed by atoms with Gasteiger partial charge in [0.1, 0.15) is 53.9 Å². The number of rotatable bonds is 3. The van der Waals surface area contributed by atoms with Crippen LogP contribution in [0, 0.1) is 0 Å². The molecule has 3 aromatic rings. The summed E-state index contributed by atoms with van der Waals surface area (Å²) in [5.41, 5.74) is 1.30. The Balaban J connectivity index is 1.61. The molecule has 1 fully saturated rings. The third-order valence-corrected chi connectivity index (χ3v) is 10.2. The van der Waals surface area contributed by atoms with Crippen LogP contribution >= 0.6 is 0 Å². The topological polar surface area (TPSA) is 207 Å². The predicted molar refractivity (Wildman–Crippen MR) is 202 cm³/mol. The molecule has 298 valence electrons. The number of aliphatic hydroxyl groups excluding tert-OH is 1. The van der Waals surface area contributed by atoms with Crippen LogP contribution in [0.15, 0.2) is 66.7 Å². The number of amides is 6. The van der Waals surface area contributed by atoms with E-state index >= 15 is 0 Å². The average Bonchev–Trinajstić information content (AvgIpc) is 3.18. The van der Waals surface area contributed by atoms with E-state index in [0.717, 1.165) is 9.80 Å². The smallest absolute Gasteiger partial charge is 0.248 e. The van der Waals surface area contributed by atoms with E-state index in [-0.39, 0.29) is 35.7 Å². The number of hydrogen-bond acceptors (Lipinski definition) is 10. The Labute approximate surface area is 324 Å². The normalized spacial score (nSPS) is 25.7. The van der Waals surface area contributed by atoms with Crippen LogP contribution in [-0.4, -0.2) is 125 Å². The van der Waals surface area contributed by atoms with Crippen molar-refractivity contribution in [2.24, 2.45) is 0 Å². The molecule has 0 aliphatic carbocycles. The summed E-state index contributed by atoms with van der Waals surface area (Å²) >= 11 is 0. The molecule has 0 radical (unpaired) electrons. The third kappa shape index (κ3) is 8.86. The first-order valence-electron chi connectivity index (χ1n) is 18.1. The largest absolute Gasteiger partial charge is 0.504 e. The molecular weight excluding hydrogens is 724 g/mol. The van der Waals surface area contributed by atoms with Crippen molar-refractivity contribution in [1.82, 2.24) is 30.7 Å². The van der Waals surface area contributed by atoms with Gasteiger partial charge in [0.15, 0.2) is 11.5 Å². The highest BCUT2D eigenvalue weighted by molar-refractivity contribution is 5.98. The van der Waals surface area contributed by atoms with Gasteiger partial charge in [-0.15, -0.1) is 0 Å². The van der Waals surface area contributed by atoms with Gasteiger partial charge in [0, 0.05) is 34.0 Å². The number of benzene rings is 3. The van der Waals surface area contributed by atoms with Crippen LogP contribution in [0.2, 0.25) is 0 Å². The Morgan fingerprint density at radius 3 is 2.02 bits per heavy atom. The van der Waals surface area contributed by atoms with Crippen LogP contribution in [0.3, 0.4) is 0 Å². The number of methoxy groups -OCH3 is 1. The molecule has 6 amide bonds. The Morgan fingerprint density at radius 1 is 0.732 bits per heavy atom. The number of carbonyl (C=O) groups excluding carboxylic acids is 6. The van der Waals surface area contributed by atoms with Crippen LogP contribution in [-0.2, 0) is 41.6 Å². The van der Waals surface area contributed by atoms with Crippen molar-refractivity contribution in [2.45, 2.75) is 76.0 Å². The summed E-state index contributed by atoms with van der Waals surface area (Å²) in [5, 5.41) is 30.5. The van der Waals surface area contributed by atoms with E-state index in [4.69, 9.17) is 9.47 Å². The van der Waals surface area contributed by atoms with E-state index in [9.17, 15) is 39.0 Å². The second-order valence-corrected chi connectivity index (χ2v) is 14.2. The van der Waals surface area contributed by atoms with E-state index in [1.54, 1.807) is 42.5 Å². The van der Waals surface area contributed by atoms with Crippen molar-refractivity contribution in [3.63, 3.8) is 0 Å². The lowest BCUT2D eigenvalue weighted by molar-refractivity contribution is -0.153. The lowest BCUT2D eigenvalue weighted by Gasteiger charge is -2.38. The number of likely N-dealkylation sites (N-methyl/N-ethyl adjacent to an activating group) is 3. The Hall–Kier alpha value is -6.16. The molecule has 2 aliphatic heterocycles. The zero-order valence-corrected chi connectivity index (χ0v) is 32.3. The van der Waals surface area contributed by atoms with E-state index in [2.05, 4.69) is 16.0 Å².